The molecule has 212 valence electrons. The molecule has 41 heavy (non-hydrogen) atoms. The number of halogens is 3. The second-order valence-corrected chi connectivity index (χ2v) is 11.0. The van der Waals surface area contributed by atoms with Crippen LogP contribution in [0.5, 0.6) is 11.5 Å². The molecule has 4 aromatic rings. The smallest absolute Gasteiger partial charge is 0.282 e. The van der Waals surface area contributed by atoms with Crippen molar-refractivity contribution < 1.29 is 18.7 Å². The number of carbonyl (C=O) groups excluding carboxylic acids is 1. The first-order valence-electron chi connectivity index (χ1n) is 13.1. The molecule has 1 heterocycles. The summed E-state index contributed by atoms with van der Waals surface area (Å²) in [4.78, 5) is 30.8. The Balaban J connectivity index is 1.41. The first kappa shape index (κ1) is 28.8. The van der Waals surface area contributed by atoms with Crippen LogP contribution in [0.3, 0.4) is 0 Å². The van der Waals surface area contributed by atoms with Crippen LogP contribution < -0.4 is 20.3 Å². The Morgan fingerprint density at radius 3 is 2.66 bits per heavy atom. The summed E-state index contributed by atoms with van der Waals surface area (Å²) in [7, 11) is 1.45. The van der Waals surface area contributed by atoms with Gasteiger partial charge < -0.3 is 14.8 Å². The first-order chi connectivity index (χ1) is 19.8. The highest BCUT2D eigenvalue weighted by molar-refractivity contribution is 9.10. The zero-order valence-corrected chi connectivity index (χ0v) is 24.5. The Morgan fingerprint density at radius 2 is 1.93 bits per heavy atom. The number of aromatic nitrogens is 2. The number of nitrogens with zero attached hydrogens (tertiary/aromatic N) is 3. The summed E-state index contributed by atoms with van der Waals surface area (Å²) in [6.07, 6.45) is 6.76. The minimum atomic E-state index is -0.453. The van der Waals surface area contributed by atoms with Gasteiger partial charge in [-0.1, -0.05) is 46.8 Å². The number of rotatable bonds is 8. The van der Waals surface area contributed by atoms with Crippen LogP contribution >= 0.6 is 27.5 Å². The lowest BCUT2D eigenvalue weighted by molar-refractivity contribution is -0.118. The van der Waals surface area contributed by atoms with Crippen molar-refractivity contribution in [3.63, 3.8) is 0 Å². The van der Waals surface area contributed by atoms with E-state index >= 15 is 0 Å². The van der Waals surface area contributed by atoms with Crippen LogP contribution in [0.25, 0.3) is 10.9 Å². The number of hydrogen-bond donors (Lipinski definition) is 1. The van der Waals surface area contributed by atoms with E-state index in [0.717, 1.165) is 30.2 Å². The lowest BCUT2D eigenvalue weighted by Gasteiger charge is -2.22. The molecule has 1 fully saturated rings. The monoisotopic (exact) mass is 640 g/mol. The summed E-state index contributed by atoms with van der Waals surface area (Å²) in [5.74, 6) is 0.388. The lowest BCUT2D eigenvalue weighted by Crippen LogP contribution is -2.25. The molecule has 0 unspecified atom stereocenters. The molecule has 1 aliphatic rings. The number of hydrogen-bond acceptors (Lipinski definition) is 6. The van der Waals surface area contributed by atoms with Crippen LogP contribution in [0, 0.1) is 5.82 Å². The fraction of sp³-hybridized carbons (Fsp3) is 0.267. The largest absolute Gasteiger partial charge is 0.493 e. The van der Waals surface area contributed by atoms with Gasteiger partial charge in [0.2, 0.25) is 0 Å². The van der Waals surface area contributed by atoms with Crippen LogP contribution in [0.2, 0.25) is 5.02 Å². The van der Waals surface area contributed by atoms with Crippen LogP contribution in [0.1, 0.15) is 49.4 Å². The van der Waals surface area contributed by atoms with Gasteiger partial charge in [-0.15, -0.1) is 0 Å². The quantitative estimate of drug-likeness (QED) is 0.211. The zero-order chi connectivity index (χ0) is 28.9. The predicted octanol–water partition coefficient (Wildman–Crippen LogP) is 6.91. The van der Waals surface area contributed by atoms with E-state index in [9.17, 15) is 14.0 Å². The topological polar surface area (TPSA) is 94.8 Å². The van der Waals surface area contributed by atoms with Crippen molar-refractivity contribution >= 4 is 56.2 Å². The lowest BCUT2D eigenvalue weighted by atomic mass is 9.88. The van der Waals surface area contributed by atoms with E-state index in [2.05, 4.69) is 26.3 Å². The fourth-order valence-corrected chi connectivity index (χ4v) is 5.48. The molecule has 0 atom stereocenters. The van der Waals surface area contributed by atoms with Gasteiger partial charge in [0.05, 0.1) is 29.2 Å². The third-order valence-electron chi connectivity index (χ3n) is 6.85. The average Bonchev–Trinajstić information content (AvgIpc) is 2.97. The number of ether oxygens (including phenoxy) is 2. The molecule has 1 N–H and O–H groups in total. The van der Waals surface area contributed by atoms with Gasteiger partial charge in [-0.2, -0.15) is 9.78 Å². The van der Waals surface area contributed by atoms with E-state index in [1.165, 1.54) is 48.7 Å². The second-order valence-electron chi connectivity index (χ2n) is 9.71. The molecule has 1 amide bonds. The first-order valence-corrected chi connectivity index (χ1v) is 14.3. The maximum absolute atomic E-state index is 13.6. The van der Waals surface area contributed by atoms with Crippen molar-refractivity contribution in [3.8, 4) is 11.5 Å². The SMILES string of the molecule is COc1cc(C=Nn2c(C3CCCCC3)nc3ccc(Br)cc3c2=O)cc(Cl)c1OCC(=O)Nc1ccc(F)cc1. The highest BCUT2D eigenvalue weighted by atomic mass is 79.9. The molecule has 0 radical (unpaired) electrons. The molecule has 1 aromatic heterocycles. The van der Waals surface area contributed by atoms with Crippen LogP contribution in [0.15, 0.2) is 69.0 Å². The predicted molar refractivity (Wildman–Crippen MR) is 161 cm³/mol. The van der Waals surface area contributed by atoms with Crippen molar-refractivity contribution in [2.45, 2.75) is 38.0 Å². The van der Waals surface area contributed by atoms with E-state index < -0.39 is 11.7 Å². The molecule has 11 heteroatoms. The third-order valence-corrected chi connectivity index (χ3v) is 7.63. The molecule has 0 aliphatic heterocycles. The Bertz CT molecular complexity index is 1670. The maximum Gasteiger partial charge on any atom is 0.282 e. The van der Waals surface area contributed by atoms with Crippen LogP contribution in [-0.4, -0.2) is 35.5 Å². The summed E-state index contributed by atoms with van der Waals surface area (Å²) < 4.78 is 26.4. The minimum absolute atomic E-state index is 0.136. The molecule has 0 saturated heterocycles. The summed E-state index contributed by atoms with van der Waals surface area (Å²) in [6.45, 7) is -0.348. The fourth-order valence-electron chi connectivity index (χ4n) is 4.85. The maximum atomic E-state index is 13.6. The second kappa shape index (κ2) is 12.8. The van der Waals surface area contributed by atoms with Crippen molar-refractivity contribution in [2.75, 3.05) is 19.0 Å². The average molecular weight is 642 g/mol. The number of methoxy groups -OCH3 is 1. The van der Waals surface area contributed by atoms with Crippen molar-refractivity contribution in [3.05, 3.63) is 91.7 Å². The summed E-state index contributed by atoms with van der Waals surface area (Å²) in [6, 6.07) is 14.1. The Hall–Kier alpha value is -3.76. The molecule has 3 aromatic carbocycles. The molecular formula is C30H27BrClFN4O4. The number of fused-ring (bicyclic) bond motifs is 1. The van der Waals surface area contributed by atoms with Crippen molar-refractivity contribution in [1.29, 1.82) is 0 Å². The highest BCUT2D eigenvalue weighted by Gasteiger charge is 2.23. The van der Waals surface area contributed by atoms with Gasteiger partial charge >= 0.3 is 0 Å². The van der Waals surface area contributed by atoms with Crippen LogP contribution in [-0.2, 0) is 4.79 Å². The Labute approximate surface area is 249 Å². The number of anilines is 1. The Kier molecular flexibility index (Phi) is 8.99. The van der Waals surface area contributed by atoms with E-state index in [1.807, 2.05) is 12.1 Å². The van der Waals surface area contributed by atoms with Crippen molar-refractivity contribution in [2.24, 2.45) is 5.10 Å². The molecule has 1 aliphatic carbocycles. The van der Waals surface area contributed by atoms with Gasteiger partial charge in [-0.25, -0.2) is 9.37 Å². The van der Waals surface area contributed by atoms with E-state index in [0.29, 0.717) is 28.0 Å². The van der Waals surface area contributed by atoms with E-state index in [1.54, 1.807) is 18.2 Å². The van der Waals surface area contributed by atoms with Crippen LogP contribution in [0.4, 0.5) is 10.1 Å². The molecule has 0 spiro atoms. The highest BCUT2D eigenvalue weighted by Crippen LogP contribution is 2.36. The van der Waals surface area contributed by atoms with Gasteiger partial charge in [0.1, 0.15) is 11.6 Å². The molecule has 0 bridgehead atoms. The van der Waals surface area contributed by atoms with E-state index in [4.69, 9.17) is 26.1 Å². The number of nitrogens with one attached hydrogen (secondary N) is 1. The molecule has 1 saturated carbocycles. The van der Waals surface area contributed by atoms with Gasteiger partial charge in [0.25, 0.3) is 11.5 Å². The van der Waals surface area contributed by atoms with Gasteiger partial charge in [-0.05, 0) is 73.0 Å². The summed E-state index contributed by atoms with van der Waals surface area (Å²) in [5, 5.41) is 7.84. The number of benzene rings is 3. The van der Waals surface area contributed by atoms with Crippen molar-refractivity contribution in [1.82, 2.24) is 9.66 Å². The van der Waals surface area contributed by atoms with Gasteiger partial charge in [0.15, 0.2) is 18.1 Å². The Morgan fingerprint density at radius 1 is 1.17 bits per heavy atom. The summed E-state index contributed by atoms with van der Waals surface area (Å²) in [5.41, 5.74) is 1.38. The number of carbonyl (C=O) groups is 1. The molecule has 5 rings (SSSR count). The minimum Gasteiger partial charge on any atom is -0.493 e. The molecule has 8 nitrogen and oxygen atoms in total. The van der Waals surface area contributed by atoms with Gasteiger partial charge in [-0.3, -0.25) is 9.59 Å². The third kappa shape index (κ3) is 6.77. The zero-order valence-electron chi connectivity index (χ0n) is 22.2. The number of amides is 1. The van der Waals surface area contributed by atoms with Gasteiger partial charge in [0, 0.05) is 16.1 Å². The normalized spacial score (nSPS) is 14.0. The van der Waals surface area contributed by atoms with E-state index in [-0.39, 0.29) is 34.6 Å². The summed E-state index contributed by atoms with van der Waals surface area (Å²) >= 11 is 9.95. The standard InChI is InChI=1S/C30H27BrClFN4O4/c1-40-26-14-18(13-24(32)28(26)41-17-27(38)35-22-10-8-21(33)9-11-22)16-34-37-29(19-5-3-2-4-6-19)36-25-12-7-20(31)15-23(25)30(37)39/h7-16,19H,2-6,17H2,1H3,(H,35,38). The molecular weight excluding hydrogens is 615 g/mol.